The molecule has 124 valence electrons. The van der Waals surface area contributed by atoms with Crippen LogP contribution in [0.3, 0.4) is 0 Å². The molecule has 1 saturated heterocycles. The second-order valence-electron chi connectivity index (χ2n) is 6.52. The Kier molecular flexibility index (Phi) is 4.56. The molecule has 0 N–H and O–H groups in total. The normalized spacial score (nSPS) is 16.8. The van der Waals surface area contributed by atoms with Crippen molar-refractivity contribution >= 4 is 0 Å². The van der Waals surface area contributed by atoms with Crippen molar-refractivity contribution in [2.45, 2.75) is 39.8 Å². The lowest BCUT2D eigenvalue weighted by atomic mass is 9.96. The second-order valence-corrected chi connectivity index (χ2v) is 6.52. The van der Waals surface area contributed by atoms with Gasteiger partial charge in [0.2, 0.25) is 0 Å². The molecule has 0 aromatic carbocycles. The number of hydrogen-bond acceptors (Lipinski definition) is 5. The van der Waals surface area contributed by atoms with Gasteiger partial charge < -0.3 is 0 Å². The Morgan fingerprint density at radius 3 is 2.65 bits per heavy atom. The molecule has 0 spiro atoms. The molecule has 0 atom stereocenters. The maximum atomic E-state index is 12.3. The summed E-state index contributed by atoms with van der Waals surface area (Å²) in [6.07, 6.45) is 5.85. The molecule has 0 unspecified atom stereocenters. The standard InChI is InChI=1S/C16H24N6O/c1-12-13(2)17-11-22(16(12)23)8-14-4-6-21(7-5-14)10-15-9-20(3)19-18-15/h9,11,14H,4-8,10H2,1-3H3. The highest BCUT2D eigenvalue weighted by atomic mass is 16.1. The summed E-state index contributed by atoms with van der Waals surface area (Å²) in [5.74, 6) is 0.537. The topological polar surface area (TPSA) is 68.8 Å². The van der Waals surface area contributed by atoms with E-state index in [2.05, 4.69) is 20.2 Å². The zero-order valence-electron chi connectivity index (χ0n) is 14.1. The average Bonchev–Trinajstić information content (AvgIpc) is 2.95. The number of aryl methyl sites for hydroxylation is 2. The van der Waals surface area contributed by atoms with Crippen LogP contribution in [0.15, 0.2) is 17.3 Å². The van der Waals surface area contributed by atoms with Crippen molar-refractivity contribution in [3.05, 3.63) is 39.8 Å². The molecule has 2 aromatic heterocycles. The zero-order chi connectivity index (χ0) is 16.4. The minimum atomic E-state index is 0.0967. The number of piperidine rings is 1. The molecule has 1 aliphatic heterocycles. The fourth-order valence-corrected chi connectivity index (χ4v) is 3.11. The van der Waals surface area contributed by atoms with Crippen LogP contribution >= 0.6 is 0 Å². The molecule has 23 heavy (non-hydrogen) atoms. The summed E-state index contributed by atoms with van der Waals surface area (Å²) in [7, 11) is 1.89. The molecule has 0 aliphatic carbocycles. The van der Waals surface area contributed by atoms with Gasteiger partial charge in [0.05, 0.1) is 12.0 Å². The molecule has 0 amide bonds. The van der Waals surface area contributed by atoms with Crippen LogP contribution in [-0.2, 0) is 20.1 Å². The maximum Gasteiger partial charge on any atom is 0.256 e. The molecule has 3 rings (SSSR count). The molecule has 3 heterocycles. The first kappa shape index (κ1) is 15.9. The number of nitrogens with zero attached hydrogens (tertiary/aromatic N) is 6. The van der Waals surface area contributed by atoms with Crippen LogP contribution < -0.4 is 5.56 Å². The van der Waals surface area contributed by atoms with Crippen molar-refractivity contribution < 1.29 is 0 Å². The van der Waals surface area contributed by atoms with Crippen LogP contribution in [0.25, 0.3) is 0 Å². The summed E-state index contributed by atoms with van der Waals surface area (Å²) in [5.41, 5.74) is 2.69. The van der Waals surface area contributed by atoms with Crippen molar-refractivity contribution in [2.75, 3.05) is 13.1 Å². The molecule has 7 heteroatoms. The average molecular weight is 316 g/mol. The minimum absolute atomic E-state index is 0.0967. The van der Waals surface area contributed by atoms with Crippen molar-refractivity contribution in [1.29, 1.82) is 0 Å². The van der Waals surface area contributed by atoms with Crippen LogP contribution in [0.2, 0.25) is 0 Å². The SMILES string of the molecule is Cc1ncn(CC2CCN(Cc3cn(C)nn3)CC2)c(=O)c1C. The lowest BCUT2D eigenvalue weighted by Crippen LogP contribution is -2.36. The van der Waals surface area contributed by atoms with Gasteiger partial charge in [-0.2, -0.15) is 0 Å². The molecular formula is C16H24N6O. The Hall–Kier alpha value is -2.02. The Morgan fingerprint density at radius 2 is 2.00 bits per heavy atom. The van der Waals surface area contributed by atoms with E-state index < -0.39 is 0 Å². The third-order valence-electron chi connectivity index (χ3n) is 4.71. The molecule has 0 saturated carbocycles. The Bertz CT molecular complexity index is 726. The van der Waals surface area contributed by atoms with Gasteiger partial charge >= 0.3 is 0 Å². The van der Waals surface area contributed by atoms with Crippen LogP contribution in [-0.4, -0.2) is 42.5 Å². The van der Waals surface area contributed by atoms with Gasteiger partial charge in [0.25, 0.3) is 5.56 Å². The van der Waals surface area contributed by atoms with E-state index in [1.807, 2.05) is 27.1 Å². The van der Waals surface area contributed by atoms with Gasteiger partial charge in [-0.15, -0.1) is 5.10 Å². The van der Waals surface area contributed by atoms with Crippen LogP contribution in [0.5, 0.6) is 0 Å². The van der Waals surface area contributed by atoms with Crippen LogP contribution in [0.4, 0.5) is 0 Å². The van der Waals surface area contributed by atoms with Crippen LogP contribution in [0.1, 0.15) is 29.8 Å². The van der Waals surface area contributed by atoms with Gasteiger partial charge in [-0.05, 0) is 45.7 Å². The summed E-state index contributed by atoms with van der Waals surface area (Å²) in [6, 6.07) is 0. The summed E-state index contributed by atoms with van der Waals surface area (Å²) in [4.78, 5) is 19.0. The van der Waals surface area contributed by atoms with E-state index in [9.17, 15) is 4.79 Å². The molecule has 7 nitrogen and oxygen atoms in total. The molecular weight excluding hydrogens is 292 g/mol. The van der Waals surface area contributed by atoms with E-state index in [4.69, 9.17) is 0 Å². The number of likely N-dealkylation sites (tertiary alicyclic amines) is 1. The third-order valence-corrected chi connectivity index (χ3v) is 4.71. The fraction of sp³-hybridized carbons (Fsp3) is 0.625. The first-order valence-corrected chi connectivity index (χ1v) is 8.13. The van der Waals surface area contributed by atoms with Gasteiger partial charge in [-0.1, -0.05) is 5.21 Å². The predicted molar refractivity (Wildman–Crippen MR) is 87.0 cm³/mol. The molecule has 1 aliphatic rings. The van der Waals surface area contributed by atoms with E-state index in [0.717, 1.165) is 56.0 Å². The highest BCUT2D eigenvalue weighted by Crippen LogP contribution is 2.19. The molecule has 2 aromatic rings. The van der Waals surface area contributed by atoms with Crippen molar-refractivity contribution in [3.8, 4) is 0 Å². The largest absolute Gasteiger partial charge is 0.299 e. The lowest BCUT2D eigenvalue weighted by molar-refractivity contribution is 0.164. The summed E-state index contributed by atoms with van der Waals surface area (Å²) in [5, 5.41) is 8.12. The van der Waals surface area contributed by atoms with Crippen LogP contribution in [0, 0.1) is 19.8 Å². The molecule has 0 radical (unpaired) electrons. The van der Waals surface area contributed by atoms with Gasteiger partial charge in [-0.25, -0.2) is 4.98 Å². The zero-order valence-corrected chi connectivity index (χ0v) is 14.1. The highest BCUT2D eigenvalue weighted by Gasteiger charge is 2.21. The smallest absolute Gasteiger partial charge is 0.256 e. The number of hydrogen-bond donors (Lipinski definition) is 0. The summed E-state index contributed by atoms with van der Waals surface area (Å²) >= 11 is 0. The lowest BCUT2D eigenvalue weighted by Gasteiger charge is -2.31. The monoisotopic (exact) mass is 316 g/mol. The number of aromatic nitrogens is 5. The predicted octanol–water partition coefficient (Wildman–Crippen LogP) is 0.901. The summed E-state index contributed by atoms with van der Waals surface area (Å²) < 4.78 is 3.51. The van der Waals surface area contributed by atoms with Gasteiger partial charge in [0.15, 0.2) is 0 Å². The van der Waals surface area contributed by atoms with Gasteiger partial charge in [0.1, 0.15) is 0 Å². The van der Waals surface area contributed by atoms with Crippen molar-refractivity contribution in [3.63, 3.8) is 0 Å². The number of rotatable bonds is 4. The van der Waals surface area contributed by atoms with Gasteiger partial charge in [-0.3, -0.25) is 18.9 Å². The molecule has 0 bridgehead atoms. The fourth-order valence-electron chi connectivity index (χ4n) is 3.11. The first-order valence-electron chi connectivity index (χ1n) is 8.13. The maximum absolute atomic E-state index is 12.3. The highest BCUT2D eigenvalue weighted by molar-refractivity contribution is 5.12. The molecule has 1 fully saturated rings. The van der Waals surface area contributed by atoms with E-state index >= 15 is 0 Å². The van der Waals surface area contributed by atoms with E-state index in [-0.39, 0.29) is 5.56 Å². The third kappa shape index (κ3) is 3.67. The summed E-state index contributed by atoms with van der Waals surface area (Å²) in [6.45, 7) is 7.43. The van der Waals surface area contributed by atoms with E-state index in [1.165, 1.54) is 0 Å². The van der Waals surface area contributed by atoms with Crippen molar-refractivity contribution in [2.24, 2.45) is 13.0 Å². The second kappa shape index (κ2) is 6.62. The van der Waals surface area contributed by atoms with E-state index in [0.29, 0.717) is 5.92 Å². The van der Waals surface area contributed by atoms with Gasteiger partial charge in [0, 0.05) is 37.6 Å². The first-order chi connectivity index (χ1) is 11.0. The quantitative estimate of drug-likeness (QED) is 0.838. The Labute approximate surface area is 135 Å². The Balaban J connectivity index is 1.55. The van der Waals surface area contributed by atoms with E-state index in [1.54, 1.807) is 15.6 Å². The minimum Gasteiger partial charge on any atom is -0.299 e. The Morgan fingerprint density at radius 1 is 1.26 bits per heavy atom. The van der Waals surface area contributed by atoms with Crippen molar-refractivity contribution in [1.82, 2.24) is 29.4 Å².